The first-order chi connectivity index (χ1) is 10.1. The summed E-state index contributed by atoms with van der Waals surface area (Å²) in [5.74, 6) is -1.39. The van der Waals surface area contributed by atoms with Crippen LogP contribution in [0.4, 0.5) is 9.18 Å². The second-order valence-corrected chi connectivity index (χ2v) is 5.25. The zero-order valence-electron chi connectivity index (χ0n) is 11.7. The Hall–Kier alpha value is -2.11. The number of benzene rings is 1. The third kappa shape index (κ3) is 4.44. The third-order valence-electron chi connectivity index (χ3n) is 3.66. The minimum Gasteiger partial charge on any atom is -0.480 e. The van der Waals surface area contributed by atoms with E-state index in [2.05, 4.69) is 5.32 Å². The molecule has 21 heavy (non-hydrogen) atoms. The van der Waals surface area contributed by atoms with Gasteiger partial charge in [0.05, 0.1) is 0 Å². The van der Waals surface area contributed by atoms with Gasteiger partial charge < -0.3 is 15.3 Å². The van der Waals surface area contributed by atoms with E-state index in [4.69, 9.17) is 5.11 Å². The molecule has 0 aromatic heterocycles. The van der Waals surface area contributed by atoms with Crippen molar-refractivity contribution >= 4 is 12.0 Å². The van der Waals surface area contributed by atoms with Crippen LogP contribution < -0.4 is 5.32 Å². The van der Waals surface area contributed by atoms with Gasteiger partial charge in [-0.25, -0.2) is 9.18 Å². The smallest absolute Gasteiger partial charge is 0.323 e. The molecule has 1 aromatic rings. The molecule has 0 bridgehead atoms. The van der Waals surface area contributed by atoms with Crippen LogP contribution >= 0.6 is 0 Å². The monoisotopic (exact) mass is 294 g/mol. The van der Waals surface area contributed by atoms with Crippen LogP contribution in [0.15, 0.2) is 24.3 Å². The van der Waals surface area contributed by atoms with E-state index >= 15 is 0 Å². The number of amides is 2. The Morgan fingerprint density at radius 1 is 1.33 bits per heavy atom. The van der Waals surface area contributed by atoms with Crippen LogP contribution in [0, 0.1) is 5.82 Å². The standard InChI is InChI=1S/C15H19FN2O3/c16-12-5-3-4-11(8-12)9-17-15(21)18(10-14(19)20)13-6-1-2-7-13/h3-5,8,13H,1-2,6-7,9-10H2,(H,17,21)(H,19,20). The van der Waals surface area contributed by atoms with Crippen LogP contribution in [0.1, 0.15) is 31.2 Å². The van der Waals surface area contributed by atoms with Crippen LogP contribution in [0.5, 0.6) is 0 Å². The molecule has 114 valence electrons. The summed E-state index contributed by atoms with van der Waals surface area (Å²) in [5.41, 5.74) is 0.644. The van der Waals surface area contributed by atoms with Crippen LogP contribution in [0.3, 0.4) is 0 Å². The zero-order valence-corrected chi connectivity index (χ0v) is 11.7. The predicted octanol–water partition coefficient (Wildman–Crippen LogP) is 2.36. The van der Waals surface area contributed by atoms with E-state index in [1.807, 2.05) is 0 Å². The summed E-state index contributed by atoms with van der Waals surface area (Å²) in [4.78, 5) is 24.5. The average molecular weight is 294 g/mol. The normalized spacial score (nSPS) is 14.9. The Kier molecular flexibility index (Phi) is 5.14. The number of rotatable bonds is 5. The number of nitrogens with one attached hydrogen (secondary N) is 1. The molecule has 2 amide bonds. The van der Waals surface area contributed by atoms with Crippen molar-refractivity contribution in [2.75, 3.05) is 6.54 Å². The van der Waals surface area contributed by atoms with Crippen molar-refractivity contribution in [2.24, 2.45) is 0 Å². The highest BCUT2D eigenvalue weighted by molar-refractivity contribution is 5.80. The van der Waals surface area contributed by atoms with Crippen molar-refractivity contribution in [3.8, 4) is 0 Å². The van der Waals surface area contributed by atoms with Gasteiger partial charge in [-0.05, 0) is 30.5 Å². The number of halogens is 1. The van der Waals surface area contributed by atoms with Gasteiger partial charge in [-0.2, -0.15) is 0 Å². The van der Waals surface area contributed by atoms with Crippen LogP contribution in [0.25, 0.3) is 0 Å². The molecular weight excluding hydrogens is 275 g/mol. The lowest BCUT2D eigenvalue weighted by Crippen LogP contribution is -2.47. The number of urea groups is 1. The first-order valence-corrected chi connectivity index (χ1v) is 7.07. The van der Waals surface area contributed by atoms with Crippen LogP contribution in [-0.2, 0) is 11.3 Å². The Morgan fingerprint density at radius 3 is 2.67 bits per heavy atom. The molecule has 1 aliphatic carbocycles. The Balaban J connectivity index is 1.95. The van der Waals surface area contributed by atoms with Gasteiger partial charge in [-0.1, -0.05) is 25.0 Å². The Morgan fingerprint density at radius 2 is 2.05 bits per heavy atom. The lowest BCUT2D eigenvalue weighted by molar-refractivity contribution is -0.138. The molecule has 2 rings (SSSR count). The predicted molar refractivity (Wildman–Crippen MR) is 75.2 cm³/mol. The SMILES string of the molecule is O=C(O)CN(C(=O)NCc1cccc(F)c1)C1CCCC1. The minimum absolute atomic E-state index is 0.0198. The third-order valence-corrected chi connectivity index (χ3v) is 3.66. The molecule has 0 aliphatic heterocycles. The molecule has 0 heterocycles. The van der Waals surface area contributed by atoms with Crippen molar-refractivity contribution in [2.45, 2.75) is 38.3 Å². The van der Waals surface area contributed by atoms with Crippen molar-refractivity contribution in [3.63, 3.8) is 0 Å². The highest BCUT2D eigenvalue weighted by Crippen LogP contribution is 2.23. The Labute approximate surface area is 122 Å². The van der Waals surface area contributed by atoms with E-state index in [1.165, 1.54) is 17.0 Å². The molecule has 1 fully saturated rings. The topological polar surface area (TPSA) is 69.6 Å². The van der Waals surface area contributed by atoms with E-state index in [9.17, 15) is 14.0 Å². The van der Waals surface area contributed by atoms with Crippen molar-refractivity contribution in [3.05, 3.63) is 35.6 Å². The molecule has 2 N–H and O–H groups in total. The molecule has 1 aliphatic rings. The largest absolute Gasteiger partial charge is 0.480 e. The van der Waals surface area contributed by atoms with Crippen molar-refractivity contribution in [1.82, 2.24) is 10.2 Å². The van der Waals surface area contributed by atoms with Gasteiger partial charge in [0.25, 0.3) is 0 Å². The number of aliphatic carboxylic acids is 1. The van der Waals surface area contributed by atoms with Gasteiger partial charge in [-0.3, -0.25) is 4.79 Å². The number of hydrogen-bond donors (Lipinski definition) is 2. The molecular formula is C15H19FN2O3. The fraction of sp³-hybridized carbons (Fsp3) is 0.467. The molecule has 1 aromatic carbocycles. The highest BCUT2D eigenvalue weighted by Gasteiger charge is 2.28. The lowest BCUT2D eigenvalue weighted by atomic mass is 10.2. The summed E-state index contributed by atoms with van der Waals surface area (Å²) >= 11 is 0. The fourth-order valence-corrected chi connectivity index (χ4v) is 2.65. The first kappa shape index (κ1) is 15.3. The summed E-state index contributed by atoms with van der Waals surface area (Å²) in [7, 11) is 0. The second-order valence-electron chi connectivity index (χ2n) is 5.25. The minimum atomic E-state index is -1.03. The molecule has 0 radical (unpaired) electrons. The van der Waals surface area contributed by atoms with Gasteiger partial charge in [0.15, 0.2) is 0 Å². The highest BCUT2D eigenvalue weighted by atomic mass is 19.1. The van der Waals surface area contributed by atoms with E-state index in [1.54, 1.807) is 12.1 Å². The van der Waals surface area contributed by atoms with Gasteiger partial charge in [0.1, 0.15) is 12.4 Å². The fourth-order valence-electron chi connectivity index (χ4n) is 2.65. The summed E-state index contributed by atoms with van der Waals surface area (Å²) in [6.45, 7) is -0.126. The summed E-state index contributed by atoms with van der Waals surface area (Å²) < 4.78 is 13.1. The number of carbonyl (C=O) groups excluding carboxylic acids is 1. The van der Waals surface area contributed by atoms with E-state index in [0.717, 1.165) is 25.7 Å². The number of carboxylic acid groups (broad SMARTS) is 1. The van der Waals surface area contributed by atoms with Crippen molar-refractivity contribution < 1.29 is 19.1 Å². The second kappa shape index (κ2) is 7.06. The molecule has 0 spiro atoms. The lowest BCUT2D eigenvalue weighted by Gasteiger charge is -2.27. The van der Waals surface area contributed by atoms with Gasteiger partial charge in [0, 0.05) is 12.6 Å². The molecule has 0 unspecified atom stereocenters. The number of hydrogen-bond acceptors (Lipinski definition) is 2. The van der Waals surface area contributed by atoms with E-state index in [-0.39, 0.29) is 24.9 Å². The number of carbonyl (C=O) groups is 2. The zero-order chi connectivity index (χ0) is 15.2. The van der Waals surface area contributed by atoms with Crippen LogP contribution in [-0.4, -0.2) is 34.6 Å². The molecule has 0 saturated heterocycles. The number of nitrogens with zero attached hydrogens (tertiary/aromatic N) is 1. The summed E-state index contributed by atoms with van der Waals surface area (Å²) in [6, 6.07) is 5.53. The van der Waals surface area contributed by atoms with Crippen molar-refractivity contribution in [1.29, 1.82) is 0 Å². The maximum atomic E-state index is 13.1. The Bertz CT molecular complexity index is 515. The maximum absolute atomic E-state index is 13.1. The molecule has 1 saturated carbocycles. The average Bonchev–Trinajstić information content (AvgIpc) is 2.96. The molecule has 5 nitrogen and oxygen atoms in total. The van der Waals surface area contributed by atoms with Crippen LogP contribution in [0.2, 0.25) is 0 Å². The number of carboxylic acids is 1. The first-order valence-electron chi connectivity index (χ1n) is 7.07. The van der Waals surface area contributed by atoms with E-state index in [0.29, 0.717) is 5.56 Å². The van der Waals surface area contributed by atoms with Gasteiger partial charge in [-0.15, -0.1) is 0 Å². The van der Waals surface area contributed by atoms with Gasteiger partial charge in [0.2, 0.25) is 0 Å². The maximum Gasteiger partial charge on any atom is 0.323 e. The quantitative estimate of drug-likeness (QED) is 0.876. The van der Waals surface area contributed by atoms with E-state index < -0.39 is 12.0 Å². The molecule has 0 atom stereocenters. The molecule has 6 heteroatoms. The summed E-state index contributed by atoms with van der Waals surface area (Å²) in [5, 5.41) is 11.6. The van der Waals surface area contributed by atoms with Gasteiger partial charge >= 0.3 is 12.0 Å². The summed E-state index contributed by atoms with van der Waals surface area (Å²) in [6.07, 6.45) is 3.69.